The third-order valence-corrected chi connectivity index (χ3v) is 6.36. The minimum absolute atomic E-state index is 0.0409. The van der Waals surface area contributed by atoms with Gasteiger partial charge in [0.05, 0.1) is 6.20 Å². The van der Waals surface area contributed by atoms with Crippen molar-refractivity contribution in [2.24, 2.45) is 7.05 Å². The van der Waals surface area contributed by atoms with Gasteiger partial charge in [-0.2, -0.15) is 5.10 Å². The molecule has 1 atom stereocenters. The van der Waals surface area contributed by atoms with Gasteiger partial charge in [0.2, 0.25) is 0 Å². The molecule has 0 spiro atoms. The molecule has 12 nitrogen and oxygen atoms in total. The van der Waals surface area contributed by atoms with Crippen molar-refractivity contribution in [1.29, 1.82) is 0 Å². The lowest BCUT2D eigenvalue weighted by molar-refractivity contribution is 0.0636. The van der Waals surface area contributed by atoms with E-state index in [4.69, 9.17) is 9.84 Å². The summed E-state index contributed by atoms with van der Waals surface area (Å²) < 4.78 is 7.36. The van der Waals surface area contributed by atoms with Crippen molar-refractivity contribution < 1.29 is 24.2 Å². The second-order valence-corrected chi connectivity index (χ2v) is 11.1. The second-order valence-electron chi connectivity index (χ2n) is 8.80. The van der Waals surface area contributed by atoms with E-state index in [1.807, 2.05) is 0 Å². The standard InChI is InChI=1S/C20H28BrN7O5S/c1-20(2,3)33-19(32)26-15-13(25-17(21)34-15)14(29)24-12-10-22-27(4)16(12)28-8-5-6-11(7-9-28)23-18(30)31/h10-11,23H,5-9H2,1-4H3,(H,24,29)(H,26,32)(H,30,31). The molecule has 0 bridgehead atoms. The number of anilines is 3. The van der Waals surface area contributed by atoms with Crippen molar-refractivity contribution in [2.45, 2.75) is 51.7 Å². The van der Waals surface area contributed by atoms with Gasteiger partial charge in [-0.15, -0.1) is 0 Å². The van der Waals surface area contributed by atoms with Crippen molar-refractivity contribution in [3.8, 4) is 0 Å². The zero-order chi connectivity index (χ0) is 25.0. The number of aryl methyl sites for hydroxylation is 1. The minimum Gasteiger partial charge on any atom is -0.465 e. The third kappa shape index (κ3) is 6.82. The fourth-order valence-electron chi connectivity index (χ4n) is 3.63. The molecule has 0 aromatic carbocycles. The summed E-state index contributed by atoms with van der Waals surface area (Å²) in [6, 6.07) is -0.123. The molecule has 1 unspecified atom stereocenters. The highest BCUT2D eigenvalue weighted by Crippen LogP contribution is 2.32. The van der Waals surface area contributed by atoms with Gasteiger partial charge in [0.15, 0.2) is 15.4 Å². The van der Waals surface area contributed by atoms with Gasteiger partial charge in [-0.05, 0) is 56.0 Å². The van der Waals surface area contributed by atoms with Crippen LogP contribution in [-0.4, -0.2) is 62.7 Å². The van der Waals surface area contributed by atoms with Crippen LogP contribution >= 0.6 is 27.3 Å². The number of hydrogen-bond acceptors (Lipinski definition) is 8. The Morgan fingerprint density at radius 3 is 2.65 bits per heavy atom. The molecule has 1 aliphatic rings. The van der Waals surface area contributed by atoms with E-state index in [0.29, 0.717) is 34.9 Å². The van der Waals surface area contributed by atoms with Crippen LogP contribution in [0.4, 0.5) is 26.1 Å². The van der Waals surface area contributed by atoms with Gasteiger partial charge in [-0.25, -0.2) is 14.6 Å². The Labute approximate surface area is 209 Å². The molecule has 1 aliphatic heterocycles. The van der Waals surface area contributed by atoms with Crippen LogP contribution in [0, 0.1) is 0 Å². The van der Waals surface area contributed by atoms with E-state index in [9.17, 15) is 14.4 Å². The highest BCUT2D eigenvalue weighted by atomic mass is 79.9. The van der Waals surface area contributed by atoms with Crippen LogP contribution in [0.15, 0.2) is 10.1 Å². The topological polar surface area (TPSA) is 151 Å². The number of nitrogens with zero attached hydrogens (tertiary/aromatic N) is 4. The first-order valence-corrected chi connectivity index (χ1v) is 12.3. The predicted octanol–water partition coefficient (Wildman–Crippen LogP) is 3.86. The van der Waals surface area contributed by atoms with Crippen molar-refractivity contribution in [3.63, 3.8) is 0 Å². The minimum atomic E-state index is -1.03. The molecule has 186 valence electrons. The van der Waals surface area contributed by atoms with Crippen molar-refractivity contribution in [1.82, 2.24) is 20.1 Å². The molecular weight excluding hydrogens is 530 g/mol. The highest BCUT2D eigenvalue weighted by molar-refractivity contribution is 9.11. The average Bonchev–Trinajstić information content (AvgIpc) is 3.15. The summed E-state index contributed by atoms with van der Waals surface area (Å²) in [6.45, 7) is 6.52. The molecule has 2 aromatic heterocycles. The van der Waals surface area contributed by atoms with Gasteiger partial charge in [0.25, 0.3) is 5.91 Å². The lowest BCUT2D eigenvalue weighted by Crippen LogP contribution is -2.35. The fourth-order valence-corrected chi connectivity index (χ4v) is 4.97. The normalized spacial score (nSPS) is 16.5. The number of halogens is 1. The van der Waals surface area contributed by atoms with E-state index in [1.165, 1.54) is 0 Å². The maximum Gasteiger partial charge on any atom is 0.412 e. The number of rotatable bonds is 5. The van der Waals surface area contributed by atoms with Crippen molar-refractivity contribution in [2.75, 3.05) is 28.6 Å². The van der Waals surface area contributed by atoms with Gasteiger partial charge in [0.1, 0.15) is 16.3 Å². The molecule has 0 radical (unpaired) electrons. The van der Waals surface area contributed by atoms with E-state index in [-0.39, 0.29) is 16.7 Å². The van der Waals surface area contributed by atoms with E-state index in [1.54, 1.807) is 38.7 Å². The number of carbonyl (C=O) groups excluding carboxylic acids is 2. The third-order valence-electron chi connectivity index (χ3n) is 4.94. The maximum atomic E-state index is 13.1. The molecule has 14 heteroatoms. The quantitative estimate of drug-likeness (QED) is 0.432. The van der Waals surface area contributed by atoms with Crippen LogP contribution in [0.25, 0.3) is 0 Å². The molecule has 3 heterocycles. The van der Waals surface area contributed by atoms with Gasteiger partial charge >= 0.3 is 12.2 Å². The Morgan fingerprint density at radius 1 is 1.24 bits per heavy atom. The summed E-state index contributed by atoms with van der Waals surface area (Å²) in [4.78, 5) is 42.6. The number of thiazole rings is 1. The molecular formula is C20H28BrN7O5S. The zero-order valence-electron chi connectivity index (χ0n) is 19.3. The number of nitrogens with one attached hydrogen (secondary N) is 3. The van der Waals surface area contributed by atoms with Gasteiger partial charge in [-0.1, -0.05) is 11.3 Å². The first kappa shape index (κ1) is 25.7. The Kier molecular flexibility index (Phi) is 8.02. The first-order chi connectivity index (χ1) is 15.9. The number of hydrogen-bond donors (Lipinski definition) is 4. The number of amides is 3. The number of carboxylic acid groups (broad SMARTS) is 1. The molecule has 2 aromatic rings. The summed E-state index contributed by atoms with van der Waals surface area (Å²) in [5, 5.41) is 21.5. The first-order valence-electron chi connectivity index (χ1n) is 10.7. The Hall–Kier alpha value is -2.87. The van der Waals surface area contributed by atoms with E-state index in [0.717, 1.165) is 24.2 Å². The fraction of sp³-hybridized carbons (Fsp3) is 0.550. The molecule has 1 fully saturated rings. The highest BCUT2D eigenvalue weighted by Gasteiger charge is 2.26. The van der Waals surface area contributed by atoms with Crippen LogP contribution < -0.4 is 20.9 Å². The average molecular weight is 558 g/mol. The molecule has 34 heavy (non-hydrogen) atoms. The number of ether oxygens (including phenoxy) is 1. The van der Waals surface area contributed by atoms with Crippen LogP contribution in [-0.2, 0) is 11.8 Å². The van der Waals surface area contributed by atoms with Gasteiger partial charge < -0.3 is 25.4 Å². The van der Waals surface area contributed by atoms with Crippen LogP contribution in [0.1, 0.15) is 50.5 Å². The maximum absolute atomic E-state index is 13.1. The second kappa shape index (κ2) is 10.6. The van der Waals surface area contributed by atoms with E-state index >= 15 is 0 Å². The van der Waals surface area contributed by atoms with Crippen molar-refractivity contribution in [3.05, 3.63) is 15.8 Å². The van der Waals surface area contributed by atoms with Crippen LogP contribution in [0.3, 0.4) is 0 Å². The molecule has 3 amide bonds. The summed E-state index contributed by atoms with van der Waals surface area (Å²) >= 11 is 4.36. The van der Waals surface area contributed by atoms with E-state index in [2.05, 4.69) is 46.9 Å². The lowest BCUT2D eigenvalue weighted by Gasteiger charge is -2.24. The number of aromatic nitrogens is 3. The van der Waals surface area contributed by atoms with Gasteiger partial charge in [0, 0.05) is 26.2 Å². The number of carbonyl (C=O) groups is 3. The van der Waals surface area contributed by atoms with Crippen molar-refractivity contribution >= 4 is 61.9 Å². The Balaban J connectivity index is 1.75. The zero-order valence-corrected chi connectivity index (χ0v) is 21.7. The predicted molar refractivity (Wildman–Crippen MR) is 132 cm³/mol. The lowest BCUT2D eigenvalue weighted by atomic mass is 10.1. The molecule has 1 saturated heterocycles. The van der Waals surface area contributed by atoms with E-state index < -0.39 is 23.7 Å². The molecule has 4 N–H and O–H groups in total. The molecule has 0 saturated carbocycles. The smallest absolute Gasteiger partial charge is 0.412 e. The summed E-state index contributed by atoms with van der Waals surface area (Å²) in [5.41, 5.74) is -0.158. The monoisotopic (exact) mass is 557 g/mol. The van der Waals surface area contributed by atoms with Gasteiger partial charge in [-0.3, -0.25) is 14.8 Å². The SMILES string of the molecule is Cn1ncc(NC(=O)c2nc(Br)sc2NC(=O)OC(C)(C)C)c1N1CCCC(NC(=O)O)CC1. The Morgan fingerprint density at radius 2 is 1.97 bits per heavy atom. The Bertz CT molecular complexity index is 1060. The molecule has 0 aliphatic carbocycles. The largest absolute Gasteiger partial charge is 0.465 e. The summed E-state index contributed by atoms with van der Waals surface area (Å²) in [5.74, 6) is 0.197. The van der Waals surface area contributed by atoms with Crippen LogP contribution in [0.5, 0.6) is 0 Å². The molecule has 3 rings (SSSR count). The van der Waals surface area contributed by atoms with Crippen LogP contribution in [0.2, 0.25) is 0 Å². The summed E-state index contributed by atoms with van der Waals surface area (Å²) in [7, 11) is 1.78. The summed E-state index contributed by atoms with van der Waals surface area (Å²) in [6.07, 6.45) is 1.98.